The summed E-state index contributed by atoms with van der Waals surface area (Å²) in [5.41, 5.74) is 1.84. The standard InChI is InChI=1S/C15H13FO/c1-15(2)8-12(17)6-10-5-9-3-4-11(16)7-13(9)14(10)15/h3-7H,8H2,1-2H3. The third-order valence-corrected chi connectivity index (χ3v) is 3.49. The zero-order valence-electron chi connectivity index (χ0n) is 9.88. The molecule has 0 bridgehead atoms. The molecule has 0 aromatic heterocycles. The second-order valence-corrected chi connectivity index (χ2v) is 5.38. The van der Waals surface area contributed by atoms with Crippen molar-refractivity contribution in [1.29, 1.82) is 0 Å². The quantitative estimate of drug-likeness (QED) is 0.660. The summed E-state index contributed by atoms with van der Waals surface area (Å²) < 4.78 is 13.3. The number of hydrogen-bond donors (Lipinski definition) is 0. The van der Waals surface area contributed by atoms with Crippen molar-refractivity contribution in [3.8, 4) is 0 Å². The number of allylic oxidation sites excluding steroid dienone is 2. The minimum atomic E-state index is -0.224. The van der Waals surface area contributed by atoms with E-state index in [0.29, 0.717) is 6.42 Å². The van der Waals surface area contributed by atoms with Crippen LogP contribution in [0.5, 0.6) is 0 Å². The summed E-state index contributed by atoms with van der Waals surface area (Å²) in [4.78, 5) is 11.7. The Morgan fingerprint density at radius 2 is 2.00 bits per heavy atom. The van der Waals surface area contributed by atoms with Crippen molar-refractivity contribution < 1.29 is 9.18 Å². The molecule has 2 aliphatic rings. The number of fused-ring (bicyclic) bond motifs is 2. The molecule has 0 fully saturated rings. The highest BCUT2D eigenvalue weighted by Crippen LogP contribution is 2.41. The first kappa shape index (κ1) is 10.5. The van der Waals surface area contributed by atoms with Gasteiger partial charge in [0.2, 0.25) is 0 Å². The number of carbonyl (C=O) groups is 1. The van der Waals surface area contributed by atoms with Crippen LogP contribution in [0.25, 0.3) is 11.6 Å². The van der Waals surface area contributed by atoms with E-state index in [1.54, 1.807) is 18.2 Å². The van der Waals surface area contributed by atoms with E-state index >= 15 is 0 Å². The Bertz CT molecular complexity index is 677. The average Bonchev–Trinajstić information content (AvgIpc) is 2.53. The molecule has 0 aliphatic heterocycles. The third kappa shape index (κ3) is 1.47. The molecule has 0 amide bonds. The van der Waals surface area contributed by atoms with Crippen molar-refractivity contribution in [3.63, 3.8) is 0 Å². The fourth-order valence-corrected chi connectivity index (χ4v) is 2.88. The number of ketones is 1. The SMILES string of the molecule is CC1(C)CC(=O)C=C2C=c3ccc(F)cc3=C21. The highest BCUT2D eigenvalue weighted by molar-refractivity contribution is 6.03. The Morgan fingerprint density at radius 1 is 1.24 bits per heavy atom. The van der Waals surface area contributed by atoms with Crippen LogP contribution in [-0.4, -0.2) is 5.78 Å². The van der Waals surface area contributed by atoms with Crippen LogP contribution >= 0.6 is 0 Å². The second-order valence-electron chi connectivity index (χ2n) is 5.38. The van der Waals surface area contributed by atoms with E-state index in [-0.39, 0.29) is 17.0 Å². The highest BCUT2D eigenvalue weighted by atomic mass is 19.1. The predicted octanol–water partition coefficient (Wildman–Crippen LogP) is 1.70. The van der Waals surface area contributed by atoms with Crippen LogP contribution in [0.15, 0.2) is 29.8 Å². The molecule has 0 heterocycles. The Labute approximate surface area is 99.0 Å². The van der Waals surface area contributed by atoms with Gasteiger partial charge in [0.25, 0.3) is 0 Å². The molecule has 2 heteroatoms. The molecular formula is C15H13FO. The normalized spacial score (nSPS) is 20.5. The summed E-state index contributed by atoms with van der Waals surface area (Å²) in [6.45, 7) is 4.09. The molecule has 17 heavy (non-hydrogen) atoms. The molecule has 2 aliphatic carbocycles. The molecule has 0 N–H and O–H groups in total. The Hall–Kier alpha value is -1.70. The predicted molar refractivity (Wildman–Crippen MR) is 65.0 cm³/mol. The molecule has 0 unspecified atom stereocenters. The van der Waals surface area contributed by atoms with E-state index in [1.807, 2.05) is 19.9 Å². The lowest BCUT2D eigenvalue weighted by Crippen LogP contribution is -2.31. The number of rotatable bonds is 0. The minimum absolute atomic E-state index is 0.151. The largest absolute Gasteiger partial charge is 0.295 e. The molecule has 0 radical (unpaired) electrons. The fourth-order valence-electron chi connectivity index (χ4n) is 2.88. The zero-order valence-corrected chi connectivity index (χ0v) is 9.88. The van der Waals surface area contributed by atoms with Gasteiger partial charge in [-0.1, -0.05) is 19.9 Å². The number of carbonyl (C=O) groups excluding carboxylic acids is 1. The number of halogens is 1. The minimum Gasteiger partial charge on any atom is -0.295 e. The van der Waals surface area contributed by atoms with Gasteiger partial charge >= 0.3 is 0 Å². The van der Waals surface area contributed by atoms with Crippen molar-refractivity contribution >= 4 is 17.4 Å². The van der Waals surface area contributed by atoms with Crippen LogP contribution in [0.2, 0.25) is 0 Å². The molecule has 0 saturated carbocycles. The first-order valence-electron chi connectivity index (χ1n) is 5.74. The summed E-state index contributed by atoms with van der Waals surface area (Å²) in [6.07, 6.45) is 4.15. The van der Waals surface area contributed by atoms with Gasteiger partial charge in [-0.2, -0.15) is 0 Å². The molecule has 0 spiro atoms. The Kier molecular flexibility index (Phi) is 1.94. The van der Waals surface area contributed by atoms with Crippen LogP contribution < -0.4 is 10.4 Å². The maximum absolute atomic E-state index is 13.3. The van der Waals surface area contributed by atoms with Crippen LogP contribution in [0, 0.1) is 11.2 Å². The van der Waals surface area contributed by atoms with E-state index in [0.717, 1.165) is 21.6 Å². The summed E-state index contributed by atoms with van der Waals surface area (Å²) in [6, 6.07) is 4.81. The van der Waals surface area contributed by atoms with E-state index in [2.05, 4.69) is 0 Å². The van der Waals surface area contributed by atoms with Gasteiger partial charge in [-0.05, 0) is 51.3 Å². The van der Waals surface area contributed by atoms with E-state index in [9.17, 15) is 9.18 Å². The lowest BCUT2D eigenvalue weighted by atomic mass is 9.73. The molecule has 0 saturated heterocycles. The van der Waals surface area contributed by atoms with Gasteiger partial charge in [0, 0.05) is 6.42 Å². The maximum Gasteiger partial charge on any atom is 0.157 e. The Balaban J connectivity index is 2.45. The van der Waals surface area contributed by atoms with Gasteiger partial charge in [-0.3, -0.25) is 4.79 Å². The number of benzene rings is 1. The molecule has 86 valence electrons. The molecule has 1 aromatic rings. The smallest absolute Gasteiger partial charge is 0.157 e. The summed E-state index contributed by atoms with van der Waals surface area (Å²) in [7, 11) is 0. The maximum atomic E-state index is 13.3. The summed E-state index contributed by atoms with van der Waals surface area (Å²) in [5, 5.41) is 1.95. The fraction of sp³-hybridized carbons (Fsp3) is 0.267. The van der Waals surface area contributed by atoms with Gasteiger partial charge in [-0.25, -0.2) is 4.39 Å². The van der Waals surface area contributed by atoms with Gasteiger partial charge in [0.15, 0.2) is 5.78 Å². The van der Waals surface area contributed by atoms with E-state index in [4.69, 9.17) is 0 Å². The van der Waals surface area contributed by atoms with Crippen molar-refractivity contribution in [2.45, 2.75) is 20.3 Å². The lowest BCUT2D eigenvalue weighted by Gasteiger charge is -2.30. The molecular weight excluding hydrogens is 215 g/mol. The third-order valence-electron chi connectivity index (χ3n) is 3.49. The van der Waals surface area contributed by atoms with Crippen molar-refractivity contribution in [2.24, 2.45) is 5.41 Å². The topological polar surface area (TPSA) is 17.1 Å². The molecule has 1 aromatic carbocycles. The summed E-state index contributed by atoms with van der Waals surface area (Å²) >= 11 is 0. The van der Waals surface area contributed by atoms with Crippen molar-refractivity contribution in [3.05, 3.63) is 46.1 Å². The first-order valence-corrected chi connectivity index (χ1v) is 5.74. The zero-order chi connectivity index (χ0) is 12.2. The van der Waals surface area contributed by atoms with Gasteiger partial charge in [0.1, 0.15) is 5.82 Å². The first-order chi connectivity index (χ1) is 7.97. The summed E-state index contributed by atoms with van der Waals surface area (Å²) in [5.74, 6) is -0.0723. The van der Waals surface area contributed by atoms with Gasteiger partial charge < -0.3 is 0 Å². The van der Waals surface area contributed by atoms with E-state index in [1.165, 1.54) is 6.07 Å². The average molecular weight is 228 g/mol. The van der Waals surface area contributed by atoms with E-state index < -0.39 is 0 Å². The van der Waals surface area contributed by atoms with Gasteiger partial charge in [-0.15, -0.1) is 0 Å². The highest BCUT2D eigenvalue weighted by Gasteiger charge is 2.34. The van der Waals surface area contributed by atoms with Crippen molar-refractivity contribution in [1.82, 2.24) is 0 Å². The van der Waals surface area contributed by atoms with Crippen LogP contribution in [0.4, 0.5) is 4.39 Å². The Morgan fingerprint density at radius 3 is 2.76 bits per heavy atom. The van der Waals surface area contributed by atoms with Gasteiger partial charge in [0.05, 0.1) is 0 Å². The molecule has 0 atom stereocenters. The molecule has 3 rings (SSSR count). The van der Waals surface area contributed by atoms with Crippen LogP contribution in [0.3, 0.4) is 0 Å². The second kappa shape index (κ2) is 3.16. The monoisotopic (exact) mass is 228 g/mol. The molecule has 1 nitrogen and oxygen atoms in total. The van der Waals surface area contributed by atoms with Crippen LogP contribution in [-0.2, 0) is 4.79 Å². The number of hydrogen-bond acceptors (Lipinski definition) is 1. The lowest BCUT2D eigenvalue weighted by molar-refractivity contribution is -0.116. The van der Waals surface area contributed by atoms with Crippen LogP contribution in [0.1, 0.15) is 20.3 Å². The van der Waals surface area contributed by atoms with Crippen molar-refractivity contribution in [2.75, 3.05) is 0 Å².